The molecule has 0 radical (unpaired) electrons. The fourth-order valence-corrected chi connectivity index (χ4v) is 7.85. The molecule has 0 saturated carbocycles. The Bertz CT molecular complexity index is 331. The third-order valence-corrected chi connectivity index (χ3v) is 11.7. The van der Waals surface area contributed by atoms with Crippen molar-refractivity contribution in [3.05, 3.63) is 24.3 Å². The van der Waals surface area contributed by atoms with E-state index in [0.29, 0.717) is 10.9 Å². The fraction of sp³-hybridized carbons (Fsp3) is 0.571. The number of rotatable bonds is 2. The Hall–Kier alpha value is 0.369. The molecule has 0 bridgehead atoms. The molecule has 1 aromatic carbocycles. The van der Waals surface area contributed by atoms with E-state index >= 15 is 0 Å². The van der Waals surface area contributed by atoms with Gasteiger partial charge in [-0.1, -0.05) is 0 Å². The van der Waals surface area contributed by atoms with Gasteiger partial charge in [-0.25, -0.2) is 0 Å². The van der Waals surface area contributed by atoms with Crippen molar-refractivity contribution in [3.8, 4) is 0 Å². The molecule has 2 rings (SSSR count). The molecule has 16 heavy (non-hydrogen) atoms. The van der Waals surface area contributed by atoms with Crippen molar-refractivity contribution in [2.45, 2.75) is 39.0 Å². The molecule has 2 heteroatoms. The summed E-state index contributed by atoms with van der Waals surface area (Å²) in [7, 11) is 0.580. The Kier molecular flexibility index (Phi) is 4.28. The average molecular weight is 342 g/mol. The molecule has 1 aromatic rings. The molecule has 0 aromatic heterocycles. The SMILES string of the molecule is [CH3][Sn]([CH3])([CH3])[c]1ccc([S+]2CCCCC2)cc1. The molecular formula is C14H23SSn+. The normalized spacial score (nSPS) is 18.7. The van der Waals surface area contributed by atoms with E-state index in [2.05, 4.69) is 39.1 Å². The van der Waals surface area contributed by atoms with Gasteiger partial charge in [-0.15, -0.1) is 0 Å². The van der Waals surface area contributed by atoms with E-state index in [1.807, 2.05) is 0 Å². The Balaban J connectivity index is 2.12. The Morgan fingerprint density at radius 3 is 1.94 bits per heavy atom. The second-order valence-corrected chi connectivity index (χ2v) is 22.5. The number of hydrogen-bond acceptors (Lipinski definition) is 0. The summed E-state index contributed by atoms with van der Waals surface area (Å²) in [5, 5.41) is 0. The van der Waals surface area contributed by atoms with E-state index in [4.69, 9.17) is 0 Å². The molecule has 88 valence electrons. The van der Waals surface area contributed by atoms with Crippen molar-refractivity contribution < 1.29 is 0 Å². The molecular weight excluding hydrogens is 319 g/mol. The molecule has 1 fully saturated rings. The summed E-state index contributed by atoms with van der Waals surface area (Å²) in [6, 6.07) is 9.69. The predicted octanol–water partition coefficient (Wildman–Crippen LogP) is 3.39. The van der Waals surface area contributed by atoms with Gasteiger partial charge < -0.3 is 0 Å². The van der Waals surface area contributed by atoms with Crippen LogP contribution >= 0.6 is 0 Å². The zero-order valence-corrected chi connectivity index (χ0v) is 14.4. The van der Waals surface area contributed by atoms with Gasteiger partial charge in [-0.05, 0) is 0 Å². The summed E-state index contributed by atoms with van der Waals surface area (Å²) in [6.45, 7) is 0. The molecule has 0 atom stereocenters. The first kappa shape index (κ1) is 12.8. The van der Waals surface area contributed by atoms with E-state index in [9.17, 15) is 0 Å². The van der Waals surface area contributed by atoms with Crippen LogP contribution in [0.5, 0.6) is 0 Å². The first-order valence-electron chi connectivity index (χ1n) is 6.35. The van der Waals surface area contributed by atoms with Crippen LogP contribution in [0.3, 0.4) is 0 Å². The standard InChI is InChI=1S/C11H14S.3CH3.Sn/c1-3-7-11(8-4-1)12-9-5-2-6-10-12;;;;/h3-4,7-8H,2,5-6,9-10H2;3*1H3;/q+1;;;;. The van der Waals surface area contributed by atoms with Gasteiger partial charge in [0.25, 0.3) is 0 Å². The molecule has 1 aliphatic heterocycles. The monoisotopic (exact) mass is 343 g/mol. The van der Waals surface area contributed by atoms with Crippen molar-refractivity contribution in [2.24, 2.45) is 0 Å². The molecule has 1 heterocycles. The van der Waals surface area contributed by atoms with Crippen LogP contribution in [0.1, 0.15) is 19.3 Å². The predicted molar refractivity (Wildman–Crippen MR) is 78.6 cm³/mol. The minimum atomic E-state index is -1.81. The first-order chi connectivity index (χ1) is 7.57. The zero-order valence-electron chi connectivity index (χ0n) is 10.8. The quantitative estimate of drug-likeness (QED) is 0.571. The third-order valence-electron chi connectivity index (χ3n) is 3.34. The van der Waals surface area contributed by atoms with Crippen LogP contribution < -0.4 is 3.58 Å². The van der Waals surface area contributed by atoms with Crippen LogP contribution in [0.4, 0.5) is 0 Å². The van der Waals surface area contributed by atoms with E-state index < -0.39 is 18.4 Å². The van der Waals surface area contributed by atoms with Gasteiger partial charge in [-0.2, -0.15) is 0 Å². The molecule has 0 amide bonds. The van der Waals surface area contributed by atoms with E-state index in [0.717, 1.165) is 0 Å². The van der Waals surface area contributed by atoms with Crippen LogP contribution in [0.2, 0.25) is 14.8 Å². The molecule has 0 nitrogen and oxygen atoms in total. The summed E-state index contributed by atoms with van der Waals surface area (Å²) >= 11 is -1.81. The van der Waals surface area contributed by atoms with Crippen molar-refractivity contribution >= 4 is 32.9 Å². The Morgan fingerprint density at radius 2 is 1.44 bits per heavy atom. The van der Waals surface area contributed by atoms with Gasteiger partial charge in [0.15, 0.2) is 0 Å². The van der Waals surface area contributed by atoms with E-state index in [-0.39, 0.29) is 0 Å². The van der Waals surface area contributed by atoms with Crippen LogP contribution in [-0.2, 0) is 10.9 Å². The first-order valence-corrected chi connectivity index (χ1v) is 17.9. The number of benzene rings is 1. The summed E-state index contributed by atoms with van der Waals surface area (Å²) < 4.78 is 1.67. The van der Waals surface area contributed by atoms with E-state index in [1.165, 1.54) is 30.8 Å². The molecule has 1 saturated heterocycles. The van der Waals surface area contributed by atoms with Crippen LogP contribution in [0.15, 0.2) is 29.2 Å². The molecule has 0 aliphatic carbocycles. The van der Waals surface area contributed by atoms with Crippen LogP contribution in [0, 0.1) is 0 Å². The molecule has 1 aliphatic rings. The summed E-state index contributed by atoms with van der Waals surface area (Å²) in [6.07, 6.45) is 4.35. The zero-order chi connectivity index (χ0) is 11.6. The maximum absolute atomic E-state index is 2.49. The van der Waals surface area contributed by atoms with Crippen molar-refractivity contribution in [3.63, 3.8) is 0 Å². The van der Waals surface area contributed by atoms with Crippen molar-refractivity contribution in [1.29, 1.82) is 0 Å². The fourth-order valence-electron chi connectivity index (χ4n) is 2.21. The van der Waals surface area contributed by atoms with Gasteiger partial charge in [0.2, 0.25) is 0 Å². The summed E-state index contributed by atoms with van der Waals surface area (Å²) in [4.78, 5) is 9.10. The second kappa shape index (κ2) is 5.34. The average Bonchev–Trinajstić information content (AvgIpc) is 2.29. The topological polar surface area (TPSA) is 0 Å². The van der Waals surface area contributed by atoms with Gasteiger partial charge in [0, 0.05) is 0 Å². The molecule has 0 unspecified atom stereocenters. The Morgan fingerprint density at radius 1 is 0.875 bits per heavy atom. The molecule has 0 N–H and O–H groups in total. The number of hydrogen-bond donors (Lipinski definition) is 0. The van der Waals surface area contributed by atoms with Crippen LogP contribution in [-0.4, -0.2) is 29.9 Å². The van der Waals surface area contributed by atoms with Crippen LogP contribution in [0.25, 0.3) is 0 Å². The summed E-state index contributed by atoms with van der Waals surface area (Å²) in [5.74, 6) is 2.89. The van der Waals surface area contributed by atoms with Gasteiger partial charge in [0.1, 0.15) is 0 Å². The maximum atomic E-state index is 2.49. The second-order valence-electron chi connectivity index (χ2n) is 5.74. The summed E-state index contributed by atoms with van der Waals surface area (Å²) in [5.41, 5.74) is 0. The van der Waals surface area contributed by atoms with Gasteiger partial charge >= 0.3 is 108 Å². The minimum absolute atomic E-state index is 0.580. The third kappa shape index (κ3) is 3.19. The van der Waals surface area contributed by atoms with E-state index in [1.54, 1.807) is 8.47 Å². The Labute approximate surface area is 107 Å². The van der Waals surface area contributed by atoms with Gasteiger partial charge in [-0.3, -0.25) is 0 Å². The van der Waals surface area contributed by atoms with Crippen molar-refractivity contribution in [1.82, 2.24) is 0 Å². The van der Waals surface area contributed by atoms with Gasteiger partial charge in [0.05, 0.1) is 0 Å². The molecule has 0 spiro atoms. The van der Waals surface area contributed by atoms with Crippen molar-refractivity contribution in [2.75, 3.05) is 11.5 Å².